The smallest absolute Gasteiger partial charge is 0.335 e. The maximum atomic E-state index is 13.5. The number of likely N-dealkylation sites (N-methyl/N-ethyl adjacent to an activating group) is 1. The van der Waals surface area contributed by atoms with E-state index in [2.05, 4.69) is 35.6 Å². The maximum absolute atomic E-state index is 13.5. The van der Waals surface area contributed by atoms with Gasteiger partial charge in [0, 0.05) is 43.7 Å². The zero-order chi connectivity index (χ0) is 27.1. The Bertz CT molecular complexity index is 1170. The van der Waals surface area contributed by atoms with Gasteiger partial charge in [-0.1, -0.05) is 44.7 Å². The van der Waals surface area contributed by atoms with Crippen molar-refractivity contribution in [3.05, 3.63) is 58.8 Å². The van der Waals surface area contributed by atoms with Crippen molar-refractivity contribution < 1.29 is 24.5 Å². The van der Waals surface area contributed by atoms with Gasteiger partial charge in [0.25, 0.3) is 5.91 Å². The van der Waals surface area contributed by atoms with E-state index in [1.165, 1.54) is 0 Å². The highest BCUT2D eigenvalue weighted by molar-refractivity contribution is 5.97. The Morgan fingerprint density at radius 1 is 1.30 bits per heavy atom. The fourth-order valence-corrected chi connectivity index (χ4v) is 4.23. The number of amides is 1. The Labute approximate surface area is 219 Å². The molecule has 1 aromatic heterocycles. The number of nitrogens with zero attached hydrogens (tertiary/aromatic N) is 3. The first-order chi connectivity index (χ1) is 17.6. The number of aliphatic hydroxyl groups is 1. The molecule has 8 heteroatoms. The lowest BCUT2D eigenvalue weighted by Gasteiger charge is -2.37. The summed E-state index contributed by atoms with van der Waals surface area (Å²) in [6.07, 6.45) is 2.08. The largest absolute Gasteiger partial charge is 0.478 e. The van der Waals surface area contributed by atoms with Crippen molar-refractivity contribution in [1.29, 1.82) is 0 Å². The number of rotatable bonds is 8. The predicted molar refractivity (Wildman–Crippen MR) is 141 cm³/mol. The molecule has 0 spiro atoms. The zero-order valence-corrected chi connectivity index (χ0v) is 22.3. The average Bonchev–Trinajstić information content (AvgIpc) is 2.85. The Morgan fingerprint density at radius 2 is 2.05 bits per heavy atom. The molecular formula is C29H37N3O5. The van der Waals surface area contributed by atoms with E-state index >= 15 is 0 Å². The number of hydrogen-bond donors (Lipinski definition) is 2. The van der Waals surface area contributed by atoms with Gasteiger partial charge in [-0.15, -0.1) is 0 Å². The van der Waals surface area contributed by atoms with Crippen molar-refractivity contribution in [2.45, 2.75) is 52.8 Å². The van der Waals surface area contributed by atoms with Gasteiger partial charge in [-0.25, -0.2) is 9.78 Å². The van der Waals surface area contributed by atoms with E-state index < -0.39 is 5.97 Å². The van der Waals surface area contributed by atoms with Crippen LogP contribution in [0.15, 0.2) is 36.5 Å². The lowest BCUT2D eigenvalue weighted by atomic mass is 9.99. The molecule has 1 aliphatic heterocycles. The number of aromatic nitrogens is 1. The molecule has 0 bridgehead atoms. The molecule has 8 nitrogen and oxygen atoms in total. The van der Waals surface area contributed by atoms with Crippen molar-refractivity contribution in [1.82, 2.24) is 14.8 Å². The minimum absolute atomic E-state index is 0.0498. The molecule has 0 unspecified atom stereocenters. The predicted octanol–water partition coefficient (Wildman–Crippen LogP) is 3.53. The SMILES string of the molecule is CC(C)CC#Cc1cnc2c(c1)C(=O)N([C@H](C)CO)C[C@H](C)[C@H](CN(C)Cc1cccc(C(=O)O)c1)O2. The molecule has 2 aromatic rings. The van der Waals surface area contributed by atoms with Gasteiger partial charge in [0.1, 0.15) is 11.7 Å². The Morgan fingerprint density at radius 3 is 2.73 bits per heavy atom. The summed E-state index contributed by atoms with van der Waals surface area (Å²) < 4.78 is 6.34. The monoisotopic (exact) mass is 507 g/mol. The highest BCUT2D eigenvalue weighted by Gasteiger charge is 2.34. The van der Waals surface area contributed by atoms with Gasteiger partial charge in [0.2, 0.25) is 5.88 Å². The number of fused-ring (bicyclic) bond motifs is 1. The first kappa shape index (κ1) is 28.2. The molecule has 0 aliphatic carbocycles. The van der Waals surface area contributed by atoms with Gasteiger partial charge < -0.3 is 19.8 Å². The average molecular weight is 508 g/mol. The van der Waals surface area contributed by atoms with Crippen molar-refractivity contribution in [3.8, 4) is 17.7 Å². The van der Waals surface area contributed by atoms with Crippen LogP contribution in [0.2, 0.25) is 0 Å². The number of aliphatic hydroxyl groups excluding tert-OH is 1. The van der Waals surface area contributed by atoms with E-state index in [1.54, 1.807) is 35.4 Å². The summed E-state index contributed by atoms with van der Waals surface area (Å²) in [4.78, 5) is 33.1. The molecule has 198 valence electrons. The third-order valence-corrected chi connectivity index (χ3v) is 6.38. The molecule has 0 saturated heterocycles. The first-order valence-corrected chi connectivity index (χ1v) is 12.7. The van der Waals surface area contributed by atoms with Crippen LogP contribution in [-0.2, 0) is 6.54 Å². The summed E-state index contributed by atoms with van der Waals surface area (Å²) in [5, 5.41) is 19.1. The van der Waals surface area contributed by atoms with Crippen LogP contribution in [0.4, 0.5) is 0 Å². The quantitative estimate of drug-likeness (QED) is 0.527. The molecule has 0 fully saturated rings. The summed E-state index contributed by atoms with van der Waals surface area (Å²) in [5.41, 5.74) is 2.12. The van der Waals surface area contributed by atoms with Crippen molar-refractivity contribution >= 4 is 11.9 Å². The van der Waals surface area contributed by atoms with Crippen LogP contribution in [0.3, 0.4) is 0 Å². The number of benzene rings is 1. The van der Waals surface area contributed by atoms with Crippen molar-refractivity contribution in [2.24, 2.45) is 11.8 Å². The molecule has 0 saturated carbocycles. The van der Waals surface area contributed by atoms with Gasteiger partial charge in [0.05, 0.1) is 18.2 Å². The second-order valence-electron chi connectivity index (χ2n) is 10.3. The van der Waals surface area contributed by atoms with Crippen LogP contribution >= 0.6 is 0 Å². The second-order valence-corrected chi connectivity index (χ2v) is 10.3. The van der Waals surface area contributed by atoms with Crippen LogP contribution in [-0.4, -0.2) is 75.8 Å². The van der Waals surface area contributed by atoms with Gasteiger partial charge >= 0.3 is 5.97 Å². The summed E-state index contributed by atoms with van der Waals surface area (Å²) in [6, 6.07) is 8.24. The summed E-state index contributed by atoms with van der Waals surface area (Å²) in [7, 11) is 1.95. The van der Waals surface area contributed by atoms with E-state index in [0.29, 0.717) is 36.7 Å². The van der Waals surface area contributed by atoms with Gasteiger partial charge in [-0.3, -0.25) is 9.69 Å². The summed E-state index contributed by atoms with van der Waals surface area (Å²) >= 11 is 0. The van der Waals surface area contributed by atoms with Crippen LogP contribution in [0.25, 0.3) is 0 Å². The fraction of sp³-hybridized carbons (Fsp3) is 0.483. The van der Waals surface area contributed by atoms with E-state index in [9.17, 15) is 19.8 Å². The van der Waals surface area contributed by atoms with Crippen LogP contribution in [0, 0.1) is 23.7 Å². The van der Waals surface area contributed by atoms with E-state index in [-0.39, 0.29) is 42.0 Å². The Kier molecular flexibility index (Phi) is 9.67. The van der Waals surface area contributed by atoms with Gasteiger partial charge in [0.15, 0.2) is 0 Å². The third kappa shape index (κ3) is 7.54. The second kappa shape index (κ2) is 12.7. The lowest BCUT2D eigenvalue weighted by Crippen LogP contribution is -2.49. The minimum Gasteiger partial charge on any atom is -0.478 e. The molecule has 3 atom stereocenters. The van der Waals surface area contributed by atoms with Gasteiger partial charge in [-0.05, 0) is 43.7 Å². The molecule has 37 heavy (non-hydrogen) atoms. The maximum Gasteiger partial charge on any atom is 0.335 e. The molecule has 1 aromatic carbocycles. The van der Waals surface area contributed by atoms with E-state index in [0.717, 1.165) is 12.0 Å². The summed E-state index contributed by atoms with van der Waals surface area (Å²) in [5.74, 6) is 5.69. The first-order valence-electron chi connectivity index (χ1n) is 12.7. The molecule has 2 heterocycles. The third-order valence-electron chi connectivity index (χ3n) is 6.38. The topological polar surface area (TPSA) is 103 Å². The number of ether oxygens (including phenoxy) is 1. The Hall–Kier alpha value is -3.41. The Balaban J connectivity index is 1.88. The number of aromatic carboxylic acids is 1. The van der Waals surface area contributed by atoms with E-state index in [1.807, 2.05) is 27.0 Å². The number of hydrogen-bond acceptors (Lipinski definition) is 6. The van der Waals surface area contributed by atoms with Crippen molar-refractivity contribution in [3.63, 3.8) is 0 Å². The molecule has 2 N–H and O–H groups in total. The molecule has 3 rings (SSSR count). The molecule has 1 aliphatic rings. The number of carbonyl (C=O) groups excluding carboxylic acids is 1. The number of pyridine rings is 1. The lowest BCUT2D eigenvalue weighted by molar-refractivity contribution is 0.0324. The summed E-state index contributed by atoms with van der Waals surface area (Å²) in [6.45, 7) is 9.36. The number of carboxylic acids is 1. The fourth-order valence-electron chi connectivity index (χ4n) is 4.23. The minimum atomic E-state index is -0.958. The van der Waals surface area contributed by atoms with Crippen LogP contribution < -0.4 is 4.74 Å². The van der Waals surface area contributed by atoms with Gasteiger partial charge in [-0.2, -0.15) is 0 Å². The normalized spacial score (nSPS) is 18.4. The number of carboxylic acid groups (broad SMARTS) is 1. The highest BCUT2D eigenvalue weighted by atomic mass is 16.5. The molecule has 1 amide bonds. The van der Waals surface area contributed by atoms with Crippen LogP contribution in [0.5, 0.6) is 5.88 Å². The van der Waals surface area contributed by atoms with Crippen LogP contribution in [0.1, 0.15) is 66.0 Å². The highest BCUT2D eigenvalue weighted by Crippen LogP contribution is 2.27. The molecular weight excluding hydrogens is 470 g/mol. The number of carbonyl (C=O) groups is 2. The zero-order valence-electron chi connectivity index (χ0n) is 22.3. The molecule has 0 radical (unpaired) electrons. The standard InChI is InChI=1S/C29H37N3O5/c1-19(2)8-6-9-22-13-25-27(30-14-22)37-26(20(3)15-32(28(25)34)21(4)18-33)17-31(5)16-23-10-7-11-24(12-23)29(35)36/h7,10-14,19-21,26,33H,8,15-18H2,1-5H3,(H,35,36)/t20-,21+,26-/m0/s1. The van der Waals surface area contributed by atoms with Crippen molar-refractivity contribution in [2.75, 3.05) is 26.7 Å². The van der Waals surface area contributed by atoms with E-state index in [4.69, 9.17) is 4.74 Å².